The third-order valence-corrected chi connectivity index (χ3v) is 3.85. The number of carbonyl (C=O) groups excluding carboxylic acids is 1. The van der Waals surface area contributed by atoms with Gasteiger partial charge in [0.2, 0.25) is 5.91 Å². The maximum atomic E-state index is 11.2. The van der Waals surface area contributed by atoms with Crippen molar-refractivity contribution in [3.8, 4) is 0 Å². The number of amides is 1. The Morgan fingerprint density at radius 1 is 1.19 bits per heavy atom. The molecule has 0 aromatic carbocycles. The van der Waals surface area contributed by atoms with E-state index in [0.717, 1.165) is 51.9 Å². The number of hydrogen-bond donors (Lipinski definition) is 1. The molecule has 1 unspecified atom stereocenters. The normalized spacial score (nSPS) is 29.4. The van der Waals surface area contributed by atoms with Crippen LogP contribution in [0.25, 0.3) is 0 Å². The molecule has 1 atom stereocenters. The fourth-order valence-corrected chi connectivity index (χ4v) is 2.86. The van der Waals surface area contributed by atoms with Crippen LogP contribution in [-0.4, -0.2) is 59.1 Å². The zero-order valence-electron chi connectivity index (χ0n) is 10.1. The molecule has 0 aromatic rings. The number of carbonyl (C=O) groups is 1. The monoisotopic (exact) mass is 226 g/mol. The van der Waals surface area contributed by atoms with Gasteiger partial charge in [-0.1, -0.05) is 0 Å². The third-order valence-electron chi connectivity index (χ3n) is 3.85. The second-order valence-corrected chi connectivity index (χ2v) is 5.03. The Kier molecular flexibility index (Phi) is 3.82. The quantitative estimate of drug-likeness (QED) is 0.706. The van der Waals surface area contributed by atoms with Gasteiger partial charge >= 0.3 is 0 Å². The number of likely N-dealkylation sites (tertiary alicyclic amines) is 2. The highest BCUT2D eigenvalue weighted by atomic mass is 16.3. The number of hydrogen-bond acceptors (Lipinski definition) is 3. The van der Waals surface area contributed by atoms with Crippen molar-refractivity contribution < 1.29 is 9.90 Å². The molecule has 0 aromatic heterocycles. The Morgan fingerprint density at radius 3 is 2.44 bits per heavy atom. The predicted octanol–water partition coefficient (Wildman–Crippen LogP) is 0.454. The van der Waals surface area contributed by atoms with Gasteiger partial charge in [-0.15, -0.1) is 0 Å². The topological polar surface area (TPSA) is 43.8 Å². The van der Waals surface area contributed by atoms with Gasteiger partial charge in [-0.2, -0.15) is 0 Å². The summed E-state index contributed by atoms with van der Waals surface area (Å²) in [5.41, 5.74) is 0. The lowest BCUT2D eigenvalue weighted by Gasteiger charge is -2.41. The first kappa shape index (κ1) is 11.9. The lowest BCUT2D eigenvalue weighted by Crippen LogP contribution is -2.50. The van der Waals surface area contributed by atoms with Crippen LogP contribution in [0.3, 0.4) is 0 Å². The van der Waals surface area contributed by atoms with E-state index in [1.165, 1.54) is 0 Å². The zero-order valence-corrected chi connectivity index (χ0v) is 10.1. The zero-order chi connectivity index (χ0) is 11.5. The predicted molar refractivity (Wildman–Crippen MR) is 62.1 cm³/mol. The second-order valence-electron chi connectivity index (χ2n) is 5.03. The first-order valence-electron chi connectivity index (χ1n) is 6.34. The third kappa shape index (κ3) is 2.74. The Morgan fingerprint density at radius 2 is 1.88 bits per heavy atom. The van der Waals surface area contributed by atoms with Crippen molar-refractivity contribution >= 4 is 5.91 Å². The molecule has 92 valence electrons. The minimum atomic E-state index is -0.139. The van der Waals surface area contributed by atoms with E-state index in [1.54, 1.807) is 6.92 Å². The van der Waals surface area contributed by atoms with Gasteiger partial charge in [0.05, 0.1) is 6.10 Å². The molecular weight excluding hydrogens is 204 g/mol. The van der Waals surface area contributed by atoms with Crippen LogP contribution in [0.4, 0.5) is 0 Å². The number of piperidine rings is 2. The van der Waals surface area contributed by atoms with Gasteiger partial charge in [0.1, 0.15) is 0 Å². The smallest absolute Gasteiger partial charge is 0.219 e. The highest BCUT2D eigenvalue weighted by Gasteiger charge is 2.28. The SMILES string of the molecule is CC(=O)N1CCC(N2CCCC(O)C2)CC1. The number of aliphatic hydroxyl groups is 1. The van der Waals surface area contributed by atoms with Crippen molar-refractivity contribution in [3.05, 3.63) is 0 Å². The van der Waals surface area contributed by atoms with Gasteiger partial charge in [-0.05, 0) is 32.2 Å². The maximum Gasteiger partial charge on any atom is 0.219 e. The Labute approximate surface area is 97.2 Å². The summed E-state index contributed by atoms with van der Waals surface area (Å²) in [7, 11) is 0. The molecule has 4 nitrogen and oxygen atoms in total. The molecule has 4 heteroatoms. The van der Waals surface area contributed by atoms with Crippen LogP contribution < -0.4 is 0 Å². The molecule has 2 fully saturated rings. The molecule has 0 aliphatic carbocycles. The molecule has 16 heavy (non-hydrogen) atoms. The van der Waals surface area contributed by atoms with Crippen molar-refractivity contribution in [1.29, 1.82) is 0 Å². The minimum Gasteiger partial charge on any atom is -0.392 e. The first-order valence-corrected chi connectivity index (χ1v) is 6.34. The summed E-state index contributed by atoms with van der Waals surface area (Å²) in [6, 6.07) is 0.575. The van der Waals surface area contributed by atoms with Crippen LogP contribution in [0.5, 0.6) is 0 Å². The van der Waals surface area contributed by atoms with Crippen molar-refractivity contribution in [1.82, 2.24) is 9.80 Å². The van der Waals surface area contributed by atoms with E-state index in [0.29, 0.717) is 6.04 Å². The maximum absolute atomic E-state index is 11.2. The van der Waals surface area contributed by atoms with Crippen molar-refractivity contribution in [2.75, 3.05) is 26.2 Å². The Hall–Kier alpha value is -0.610. The van der Waals surface area contributed by atoms with Crippen LogP contribution >= 0.6 is 0 Å². The fourth-order valence-electron chi connectivity index (χ4n) is 2.86. The molecule has 0 spiro atoms. The summed E-state index contributed by atoms with van der Waals surface area (Å²) in [6.45, 7) is 5.34. The van der Waals surface area contributed by atoms with Crippen LogP contribution in [0, 0.1) is 0 Å². The summed E-state index contributed by atoms with van der Waals surface area (Å²) < 4.78 is 0. The number of nitrogens with zero attached hydrogens (tertiary/aromatic N) is 2. The summed E-state index contributed by atoms with van der Waals surface area (Å²) in [4.78, 5) is 15.5. The number of aliphatic hydroxyl groups excluding tert-OH is 1. The van der Waals surface area contributed by atoms with Gasteiger partial charge in [-0.25, -0.2) is 0 Å². The molecule has 0 radical (unpaired) electrons. The molecule has 0 saturated carbocycles. The van der Waals surface area contributed by atoms with Crippen LogP contribution in [0.2, 0.25) is 0 Å². The summed E-state index contributed by atoms with van der Waals surface area (Å²) in [5, 5.41) is 9.64. The van der Waals surface area contributed by atoms with E-state index in [2.05, 4.69) is 4.90 Å². The van der Waals surface area contributed by atoms with E-state index < -0.39 is 0 Å². The molecule has 2 heterocycles. The van der Waals surface area contributed by atoms with E-state index in [9.17, 15) is 9.90 Å². The van der Waals surface area contributed by atoms with Crippen molar-refractivity contribution in [2.45, 2.75) is 44.8 Å². The van der Waals surface area contributed by atoms with E-state index in [-0.39, 0.29) is 12.0 Å². The van der Waals surface area contributed by atoms with Crippen LogP contribution in [0.15, 0.2) is 0 Å². The largest absolute Gasteiger partial charge is 0.392 e. The van der Waals surface area contributed by atoms with Crippen LogP contribution in [0.1, 0.15) is 32.6 Å². The lowest BCUT2D eigenvalue weighted by atomic mass is 9.99. The van der Waals surface area contributed by atoms with Crippen LogP contribution in [-0.2, 0) is 4.79 Å². The molecule has 0 bridgehead atoms. The van der Waals surface area contributed by atoms with Crippen molar-refractivity contribution in [2.24, 2.45) is 0 Å². The molecule has 2 aliphatic rings. The van der Waals surface area contributed by atoms with Gasteiger partial charge in [0.15, 0.2) is 0 Å². The standard InChI is InChI=1S/C12H22N2O2/c1-10(15)13-7-4-11(5-8-13)14-6-2-3-12(16)9-14/h11-12,16H,2-9H2,1H3. The lowest BCUT2D eigenvalue weighted by molar-refractivity contribution is -0.130. The molecule has 1 N–H and O–H groups in total. The average molecular weight is 226 g/mol. The highest BCUT2D eigenvalue weighted by Crippen LogP contribution is 2.20. The van der Waals surface area contributed by atoms with Gasteiger partial charge < -0.3 is 10.0 Å². The summed E-state index contributed by atoms with van der Waals surface area (Å²) in [6.07, 6.45) is 4.04. The van der Waals surface area contributed by atoms with Gasteiger partial charge in [0, 0.05) is 32.6 Å². The molecule has 1 amide bonds. The van der Waals surface area contributed by atoms with Gasteiger partial charge in [0.25, 0.3) is 0 Å². The molecule has 2 saturated heterocycles. The van der Waals surface area contributed by atoms with E-state index >= 15 is 0 Å². The molecule has 2 rings (SSSR count). The van der Waals surface area contributed by atoms with Gasteiger partial charge in [-0.3, -0.25) is 9.69 Å². The Bertz CT molecular complexity index is 249. The van der Waals surface area contributed by atoms with Crippen molar-refractivity contribution in [3.63, 3.8) is 0 Å². The number of β-amino-alcohol motifs (C(OH)–C–C–N with tert-alkyl or cyclic N) is 1. The summed E-state index contributed by atoms with van der Waals surface area (Å²) >= 11 is 0. The molecule has 2 aliphatic heterocycles. The van der Waals surface area contributed by atoms with E-state index in [1.807, 2.05) is 4.90 Å². The second kappa shape index (κ2) is 5.15. The average Bonchev–Trinajstić information content (AvgIpc) is 2.29. The summed E-state index contributed by atoms with van der Waals surface area (Å²) in [5.74, 6) is 0.192. The fraction of sp³-hybridized carbons (Fsp3) is 0.917. The first-order chi connectivity index (χ1) is 7.66. The Balaban J connectivity index is 1.81. The number of rotatable bonds is 1. The minimum absolute atomic E-state index is 0.139. The molecular formula is C12H22N2O2. The van der Waals surface area contributed by atoms with E-state index in [4.69, 9.17) is 0 Å². The highest BCUT2D eigenvalue weighted by molar-refractivity contribution is 5.73.